The summed E-state index contributed by atoms with van der Waals surface area (Å²) < 4.78 is 102. The van der Waals surface area contributed by atoms with Crippen LogP contribution in [0.1, 0.15) is 34.4 Å². The molecule has 0 saturated heterocycles. The average molecular weight is 671 g/mol. The number of hydrogen-bond donors (Lipinski definition) is 0. The van der Waals surface area contributed by atoms with Gasteiger partial charge in [-0.25, -0.2) is 4.68 Å². The van der Waals surface area contributed by atoms with Gasteiger partial charge in [0.05, 0.1) is 23.4 Å². The summed E-state index contributed by atoms with van der Waals surface area (Å²) in [5.74, 6) is -0.647. The molecule has 0 N–H and O–H groups in total. The molecule has 5 rings (SSSR count). The monoisotopic (exact) mass is 670 g/mol. The van der Waals surface area contributed by atoms with E-state index >= 15 is 0 Å². The molecule has 0 bridgehead atoms. The van der Waals surface area contributed by atoms with E-state index in [1.165, 1.54) is 16.8 Å². The number of aryl methyl sites for hydroxylation is 1. The van der Waals surface area contributed by atoms with Crippen LogP contribution in [0, 0.1) is 6.92 Å². The molecule has 5 aromatic rings. The predicted octanol–water partition coefficient (Wildman–Crippen LogP) is 6.60. The second-order valence-corrected chi connectivity index (χ2v) is 13.5. The van der Waals surface area contributed by atoms with Gasteiger partial charge in [-0.1, -0.05) is 109 Å². The molecule has 0 aliphatic carbocycles. The first-order valence-electron chi connectivity index (χ1n) is 14.1. The Kier molecular flexibility index (Phi) is 9.38. The molecule has 0 saturated carbocycles. The van der Waals surface area contributed by atoms with Crippen LogP contribution in [0.5, 0.6) is 5.75 Å². The normalized spacial score (nSPS) is 12.6. The van der Waals surface area contributed by atoms with Crippen LogP contribution < -0.4 is 4.18 Å². The van der Waals surface area contributed by atoms with E-state index in [4.69, 9.17) is 4.18 Å². The Morgan fingerprint density at radius 2 is 1.20 bits per heavy atom. The maximum absolute atomic E-state index is 13.5. The highest BCUT2D eigenvalue weighted by atomic mass is 32.2. The van der Waals surface area contributed by atoms with E-state index in [0.717, 1.165) is 11.8 Å². The lowest BCUT2D eigenvalue weighted by molar-refractivity contribution is -0.0500. The van der Waals surface area contributed by atoms with Crippen molar-refractivity contribution in [3.63, 3.8) is 0 Å². The molecule has 0 unspecified atom stereocenters. The molecule has 1 heterocycles. The minimum Gasteiger partial charge on any atom is -0.372 e. The van der Waals surface area contributed by atoms with E-state index < -0.39 is 37.0 Å². The Balaban J connectivity index is 1.64. The zero-order valence-electron chi connectivity index (χ0n) is 24.5. The first-order chi connectivity index (χ1) is 21.9. The van der Waals surface area contributed by atoms with E-state index in [9.17, 15) is 30.0 Å². The van der Waals surface area contributed by atoms with Gasteiger partial charge in [-0.3, -0.25) is 4.18 Å². The van der Waals surface area contributed by atoms with Gasteiger partial charge in [0.25, 0.3) is 10.1 Å². The number of nitrogens with zero attached hydrogens (tertiary/aromatic N) is 2. The van der Waals surface area contributed by atoms with E-state index in [1.807, 2.05) is 54.6 Å². The topological polar surface area (TPSA) is 105 Å². The van der Waals surface area contributed by atoms with Gasteiger partial charge in [-0.15, -0.1) is 0 Å². The van der Waals surface area contributed by atoms with Gasteiger partial charge in [0.1, 0.15) is 5.54 Å². The highest BCUT2D eigenvalue weighted by Crippen LogP contribution is 2.43. The molecule has 1 aromatic heterocycles. The fourth-order valence-corrected chi connectivity index (χ4v) is 6.61. The van der Waals surface area contributed by atoms with E-state index in [2.05, 4.69) is 9.28 Å². The summed E-state index contributed by atoms with van der Waals surface area (Å²) in [5.41, 5.74) is -4.20. The maximum Gasteiger partial charge on any atom is 0.534 e. The summed E-state index contributed by atoms with van der Waals surface area (Å²) in [6.07, 6.45) is 0.708. The summed E-state index contributed by atoms with van der Waals surface area (Å²) >= 11 is 0. The van der Waals surface area contributed by atoms with Gasteiger partial charge in [-0.2, -0.15) is 35.1 Å². The van der Waals surface area contributed by atoms with Crippen molar-refractivity contribution < 1.29 is 38.4 Å². The zero-order valence-corrected chi connectivity index (χ0v) is 26.1. The van der Waals surface area contributed by atoms with Crippen LogP contribution in [0.15, 0.2) is 126 Å². The molecule has 0 atom stereocenters. The van der Waals surface area contributed by atoms with Crippen molar-refractivity contribution >= 4 is 20.2 Å². The SMILES string of the molecule is Cc1ccc(S(=O)(=O)OCCCc2c(OS(=O)(=O)C(F)(F)F)cnn2C(c2ccccc2)(c2ccccc2)c2ccccc2)cc1. The summed E-state index contributed by atoms with van der Waals surface area (Å²) in [4.78, 5) is -0.0558. The summed E-state index contributed by atoms with van der Waals surface area (Å²) in [7, 11) is -10.2. The second kappa shape index (κ2) is 13.1. The highest BCUT2D eigenvalue weighted by Gasteiger charge is 2.50. The molecule has 13 heteroatoms. The van der Waals surface area contributed by atoms with E-state index in [-0.39, 0.29) is 30.0 Å². The van der Waals surface area contributed by atoms with Crippen molar-refractivity contribution in [3.05, 3.63) is 149 Å². The van der Waals surface area contributed by atoms with Crippen molar-refractivity contribution in [3.8, 4) is 5.75 Å². The van der Waals surface area contributed by atoms with Gasteiger partial charge < -0.3 is 4.18 Å². The van der Waals surface area contributed by atoms with Crippen LogP contribution in [0.3, 0.4) is 0 Å². The van der Waals surface area contributed by atoms with Crippen LogP contribution in [0.2, 0.25) is 0 Å². The number of benzene rings is 4. The molecule has 0 aliphatic rings. The lowest BCUT2D eigenvalue weighted by Gasteiger charge is -2.37. The van der Waals surface area contributed by atoms with Gasteiger partial charge in [0.15, 0.2) is 5.75 Å². The smallest absolute Gasteiger partial charge is 0.372 e. The largest absolute Gasteiger partial charge is 0.534 e. The highest BCUT2D eigenvalue weighted by molar-refractivity contribution is 7.88. The fourth-order valence-electron chi connectivity index (χ4n) is 5.20. The van der Waals surface area contributed by atoms with E-state index in [1.54, 1.807) is 55.5 Å². The van der Waals surface area contributed by atoms with E-state index in [0.29, 0.717) is 16.7 Å². The fraction of sp³-hybridized carbons (Fsp3) is 0.182. The quantitative estimate of drug-likeness (QED) is 0.0638. The Hall–Kier alpha value is -4.46. The summed E-state index contributed by atoms with van der Waals surface area (Å²) in [6, 6.07) is 33.3. The van der Waals surface area contributed by atoms with Gasteiger partial charge in [0, 0.05) is 0 Å². The lowest BCUT2D eigenvalue weighted by Crippen LogP contribution is -2.40. The number of halogens is 3. The molecule has 0 radical (unpaired) electrons. The molecule has 0 fully saturated rings. The Morgan fingerprint density at radius 3 is 1.65 bits per heavy atom. The summed E-state index contributed by atoms with van der Waals surface area (Å²) in [5, 5.41) is 4.47. The molecular weight excluding hydrogens is 641 g/mol. The molecule has 46 heavy (non-hydrogen) atoms. The van der Waals surface area contributed by atoms with Crippen molar-refractivity contribution in [2.24, 2.45) is 0 Å². The molecule has 240 valence electrons. The number of alkyl halides is 3. The van der Waals surface area contributed by atoms with Crippen LogP contribution >= 0.6 is 0 Å². The van der Waals surface area contributed by atoms with Crippen molar-refractivity contribution in [1.29, 1.82) is 0 Å². The van der Waals surface area contributed by atoms with Crippen LogP contribution in [0.25, 0.3) is 0 Å². The number of rotatable bonds is 12. The van der Waals surface area contributed by atoms with Crippen LogP contribution in [0.4, 0.5) is 13.2 Å². The minimum atomic E-state index is -6.07. The molecule has 0 amide bonds. The Bertz CT molecular complexity index is 1890. The third-order valence-corrected chi connectivity index (χ3v) is 9.60. The molecule has 8 nitrogen and oxygen atoms in total. The zero-order chi connectivity index (χ0) is 33.0. The Morgan fingerprint density at radius 1 is 0.717 bits per heavy atom. The van der Waals surface area contributed by atoms with Crippen molar-refractivity contribution in [2.45, 2.75) is 35.7 Å². The maximum atomic E-state index is 13.5. The number of hydrogen-bond acceptors (Lipinski definition) is 7. The van der Waals surface area contributed by atoms with Gasteiger partial charge in [-0.05, 0) is 48.6 Å². The molecule has 0 aliphatic heterocycles. The summed E-state index contributed by atoms with van der Waals surface area (Å²) in [6.45, 7) is 1.45. The Labute approximate surface area is 265 Å². The van der Waals surface area contributed by atoms with Crippen molar-refractivity contribution in [2.75, 3.05) is 6.61 Å². The average Bonchev–Trinajstić information content (AvgIpc) is 3.42. The third-order valence-electron chi connectivity index (χ3n) is 7.31. The molecule has 4 aromatic carbocycles. The first-order valence-corrected chi connectivity index (χ1v) is 16.9. The van der Waals surface area contributed by atoms with Gasteiger partial charge in [0.2, 0.25) is 0 Å². The van der Waals surface area contributed by atoms with Gasteiger partial charge >= 0.3 is 15.6 Å². The predicted molar refractivity (Wildman–Crippen MR) is 165 cm³/mol. The lowest BCUT2D eigenvalue weighted by atomic mass is 9.77. The van der Waals surface area contributed by atoms with Crippen LogP contribution in [-0.4, -0.2) is 38.7 Å². The third kappa shape index (κ3) is 6.57. The second-order valence-electron chi connectivity index (χ2n) is 10.4. The number of aromatic nitrogens is 2. The first kappa shape index (κ1) is 32.9. The van der Waals surface area contributed by atoms with Crippen LogP contribution in [-0.2, 0) is 36.4 Å². The standard InChI is InChI=1S/C33H29F3N2O6S2/c1-25-19-21-29(22-20-25)45(39,40)43-23-11-18-30-31(44-46(41,42)33(34,35)36)24-37-38(30)32(26-12-5-2-6-13-26,27-14-7-3-8-15-27)28-16-9-4-10-17-28/h2-10,12-17,19-22,24H,11,18,23H2,1H3. The molecule has 0 spiro atoms. The minimum absolute atomic E-state index is 0.0271. The van der Waals surface area contributed by atoms with Crippen molar-refractivity contribution in [1.82, 2.24) is 9.78 Å². The molecular formula is C33H29F3N2O6S2.